The molecule has 0 radical (unpaired) electrons. The Labute approximate surface area is 113 Å². The first-order valence-electron chi connectivity index (χ1n) is 6.52. The predicted octanol–water partition coefficient (Wildman–Crippen LogP) is 3.31. The highest BCUT2D eigenvalue weighted by Crippen LogP contribution is 2.23. The number of hydrogen-bond donors (Lipinski definition) is 3. The van der Waals surface area contributed by atoms with Crippen molar-refractivity contribution >= 4 is 5.69 Å². The average Bonchev–Trinajstić information content (AvgIpc) is 2.42. The van der Waals surface area contributed by atoms with Gasteiger partial charge in [-0.25, -0.2) is 0 Å². The number of phenolic OH excluding ortho intramolecular Hbond substituents is 2. The zero-order chi connectivity index (χ0) is 13.7. The van der Waals surface area contributed by atoms with E-state index in [-0.39, 0.29) is 11.5 Å². The quantitative estimate of drug-likeness (QED) is 0.720. The van der Waals surface area contributed by atoms with Gasteiger partial charge < -0.3 is 15.5 Å². The Bertz CT molecular complexity index is 535. The zero-order valence-corrected chi connectivity index (χ0v) is 11.1. The van der Waals surface area contributed by atoms with E-state index >= 15 is 0 Å². The van der Waals surface area contributed by atoms with E-state index in [1.165, 1.54) is 17.7 Å². The molecule has 100 valence electrons. The number of anilines is 1. The minimum absolute atomic E-state index is 0.190. The van der Waals surface area contributed by atoms with E-state index in [1.807, 2.05) is 0 Å². The molecule has 3 heteroatoms. The highest BCUT2D eigenvalue weighted by atomic mass is 16.3. The third kappa shape index (κ3) is 3.65. The summed E-state index contributed by atoms with van der Waals surface area (Å²) in [6.07, 6.45) is 1.55. The molecule has 2 rings (SSSR count). The molecule has 0 unspecified atom stereocenters. The molecule has 0 heterocycles. The van der Waals surface area contributed by atoms with Crippen LogP contribution in [0.1, 0.15) is 18.1 Å². The summed E-state index contributed by atoms with van der Waals surface area (Å²) in [7, 11) is 0. The lowest BCUT2D eigenvalue weighted by Gasteiger charge is -2.07. The molecule has 0 saturated carbocycles. The SMILES string of the molecule is CCNc1ccc(CCc2cc(O)ccc2O)cc1. The van der Waals surface area contributed by atoms with Crippen LogP contribution in [0.2, 0.25) is 0 Å². The molecular weight excluding hydrogens is 238 g/mol. The van der Waals surface area contributed by atoms with Gasteiger partial charge in [-0.3, -0.25) is 0 Å². The smallest absolute Gasteiger partial charge is 0.119 e. The molecule has 0 aliphatic carbocycles. The molecule has 0 atom stereocenters. The van der Waals surface area contributed by atoms with Crippen LogP contribution in [0.5, 0.6) is 11.5 Å². The summed E-state index contributed by atoms with van der Waals surface area (Å²) >= 11 is 0. The molecule has 2 aromatic rings. The molecule has 0 saturated heterocycles. The lowest BCUT2D eigenvalue weighted by Crippen LogP contribution is -1.97. The van der Waals surface area contributed by atoms with Crippen molar-refractivity contribution < 1.29 is 10.2 Å². The summed E-state index contributed by atoms with van der Waals surface area (Å²) in [5.41, 5.74) is 3.10. The topological polar surface area (TPSA) is 52.5 Å². The van der Waals surface area contributed by atoms with Crippen molar-refractivity contribution in [3.05, 3.63) is 53.6 Å². The maximum Gasteiger partial charge on any atom is 0.119 e. The molecule has 19 heavy (non-hydrogen) atoms. The van der Waals surface area contributed by atoms with E-state index in [1.54, 1.807) is 6.07 Å². The van der Waals surface area contributed by atoms with Crippen molar-refractivity contribution in [1.29, 1.82) is 0 Å². The summed E-state index contributed by atoms with van der Waals surface area (Å²) in [5, 5.41) is 22.4. The van der Waals surface area contributed by atoms with Gasteiger partial charge in [-0.2, -0.15) is 0 Å². The molecule has 3 N–H and O–H groups in total. The average molecular weight is 257 g/mol. The Morgan fingerprint density at radius 1 is 0.947 bits per heavy atom. The maximum absolute atomic E-state index is 9.71. The zero-order valence-electron chi connectivity index (χ0n) is 11.1. The van der Waals surface area contributed by atoms with Crippen molar-refractivity contribution in [3.8, 4) is 11.5 Å². The minimum atomic E-state index is 0.190. The van der Waals surface area contributed by atoms with Gasteiger partial charge in [0.1, 0.15) is 11.5 Å². The van der Waals surface area contributed by atoms with Crippen LogP contribution in [0.3, 0.4) is 0 Å². The van der Waals surface area contributed by atoms with E-state index in [2.05, 4.69) is 36.5 Å². The second kappa shape index (κ2) is 6.14. The second-order valence-corrected chi connectivity index (χ2v) is 4.54. The van der Waals surface area contributed by atoms with Crippen LogP contribution in [0.25, 0.3) is 0 Å². The molecule has 2 aromatic carbocycles. The number of benzene rings is 2. The van der Waals surface area contributed by atoms with E-state index in [0.717, 1.165) is 24.2 Å². The molecule has 0 amide bonds. The number of nitrogens with one attached hydrogen (secondary N) is 1. The fraction of sp³-hybridized carbons (Fsp3) is 0.250. The largest absolute Gasteiger partial charge is 0.508 e. The van der Waals surface area contributed by atoms with Gasteiger partial charge in [0.05, 0.1) is 0 Å². The Hall–Kier alpha value is -2.16. The first kappa shape index (κ1) is 13.3. The van der Waals surface area contributed by atoms with E-state index in [4.69, 9.17) is 0 Å². The van der Waals surface area contributed by atoms with Crippen molar-refractivity contribution in [1.82, 2.24) is 0 Å². The number of hydrogen-bond acceptors (Lipinski definition) is 3. The number of rotatable bonds is 5. The van der Waals surface area contributed by atoms with E-state index in [0.29, 0.717) is 6.42 Å². The lowest BCUT2D eigenvalue weighted by molar-refractivity contribution is 0.454. The minimum Gasteiger partial charge on any atom is -0.508 e. The Kier molecular flexibility index (Phi) is 4.29. The van der Waals surface area contributed by atoms with Gasteiger partial charge in [0, 0.05) is 12.2 Å². The fourth-order valence-corrected chi connectivity index (χ4v) is 2.04. The van der Waals surface area contributed by atoms with Gasteiger partial charge in [0.2, 0.25) is 0 Å². The summed E-state index contributed by atoms with van der Waals surface area (Å²) in [6.45, 7) is 2.98. The van der Waals surface area contributed by atoms with Crippen LogP contribution in [0, 0.1) is 0 Å². The summed E-state index contributed by atoms with van der Waals surface area (Å²) < 4.78 is 0. The van der Waals surface area contributed by atoms with Crippen molar-refractivity contribution in [3.63, 3.8) is 0 Å². The van der Waals surface area contributed by atoms with Crippen molar-refractivity contribution in [2.45, 2.75) is 19.8 Å². The molecule has 0 fully saturated rings. The highest BCUT2D eigenvalue weighted by molar-refractivity contribution is 5.45. The summed E-state index contributed by atoms with van der Waals surface area (Å²) in [5.74, 6) is 0.428. The maximum atomic E-state index is 9.71. The van der Waals surface area contributed by atoms with Crippen LogP contribution in [-0.4, -0.2) is 16.8 Å². The summed E-state index contributed by atoms with van der Waals surface area (Å²) in [4.78, 5) is 0. The van der Waals surface area contributed by atoms with Gasteiger partial charge in [-0.05, 0) is 61.2 Å². The molecule has 0 bridgehead atoms. The first-order valence-corrected chi connectivity index (χ1v) is 6.52. The third-order valence-electron chi connectivity index (χ3n) is 3.08. The normalized spacial score (nSPS) is 10.4. The molecule has 3 nitrogen and oxygen atoms in total. The third-order valence-corrected chi connectivity index (χ3v) is 3.08. The predicted molar refractivity (Wildman–Crippen MR) is 77.8 cm³/mol. The van der Waals surface area contributed by atoms with Crippen molar-refractivity contribution in [2.75, 3.05) is 11.9 Å². The number of aryl methyl sites for hydroxylation is 2. The van der Waals surface area contributed by atoms with Gasteiger partial charge >= 0.3 is 0 Å². The monoisotopic (exact) mass is 257 g/mol. The number of aromatic hydroxyl groups is 2. The Morgan fingerprint density at radius 2 is 1.68 bits per heavy atom. The van der Waals surface area contributed by atoms with E-state index < -0.39 is 0 Å². The highest BCUT2D eigenvalue weighted by Gasteiger charge is 2.03. The molecular formula is C16H19NO2. The molecule has 0 aliphatic heterocycles. The van der Waals surface area contributed by atoms with Crippen molar-refractivity contribution in [2.24, 2.45) is 0 Å². The fourth-order valence-electron chi connectivity index (χ4n) is 2.04. The molecule has 0 aromatic heterocycles. The van der Waals surface area contributed by atoms with Gasteiger partial charge in [-0.1, -0.05) is 12.1 Å². The Morgan fingerprint density at radius 3 is 2.37 bits per heavy atom. The van der Waals surface area contributed by atoms with Gasteiger partial charge in [0.15, 0.2) is 0 Å². The van der Waals surface area contributed by atoms with E-state index in [9.17, 15) is 10.2 Å². The van der Waals surface area contributed by atoms with Crippen LogP contribution in [-0.2, 0) is 12.8 Å². The molecule has 0 aliphatic rings. The Balaban J connectivity index is 2.00. The van der Waals surface area contributed by atoms with Crippen LogP contribution < -0.4 is 5.32 Å². The standard InChI is InChI=1S/C16H19NO2/c1-2-17-14-7-4-12(5-8-14)3-6-13-11-15(18)9-10-16(13)19/h4-5,7-11,17-19H,2-3,6H2,1H3. The molecule has 0 spiro atoms. The van der Waals surface area contributed by atoms with Gasteiger partial charge in [0.25, 0.3) is 0 Å². The summed E-state index contributed by atoms with van der Waals surface area (Å²) in [6, 6.07) is 12.9. The first-order chi connectivity index (χ1) is 9.19. The van der Waals surface area contributed by atoms with Crippen LogP contribution >= 0.6 is 0 Å². The number of phenols is 2. The van der Waals surface area contributed by atoms with Crippen LogP contribution in [0.4, 0.5) is 5.69 Å². The second-order valence-electron chi connectivity index (χ2n) is 4.54. The van der Waals surface area contributed by atoms with Crippen LogP contribution in [0.15, 0.2) is 42.5 Å². The van der Waals surface area contributed by atoms with Gasteiger partial charge in [-0.15, -0.1) is 0 Å². The lowest BCUT2D eigenvalue weighted by atomic mass is 10.0.